The molecule has 2 heteroatoms. The molecular formula is C9H22IP. The highest BCUT2D eigenvalue weighted by Crippen LogP contribution is 2.33. The van der Waals surface area contributed by atoms with Crippen molar-refractivity contribution >= 4 is 33.2 Å². The molecule has 1 atom stereocenters. The molecule has 1 unspecified atom stereocenters. The number of hydrogen-bond donors (Lipinski definition) is 0. The normalized spacial score (nSPS) is 14.5. The molecule has 0 N–H and O–H groups in total. The Morgan fingerprint density at radius 1 is 1.18 bits per heavy atom. The van der Waals surface area contributed by atoms with Gasteiger partial charge in [0.2, 0.25) is 0 Å². The first-order valence-electron chi connectivity index (χ1n) is 4.51. The van der Waals surface area contributed by atoms with Crippen LogP contribution in [0.2, 0.25) is 0 Å². The average molecular weight is 288 g/mol. The number of hydrogen-bond acceptors (Lipinski definition) is 0. The van der Waals surface area contributed by atoms with Gasteiger partial charge < -0.3 is 0 Å². The fourth-order valence-corrected chi connectivity index (χ4v) is 1.09. The third kappa shape index (κ3) is 11.2. The van der Waals surface area contributed by atoms with Gasteiger partial charge in [-0.1, -0.05) is 52.1 Å². The van der Waals surface area contributed by atoms with Crippen LogP contribution >= 0.6 is 33.2 Å². The summed E-state index contributed by atoms with van der Waals surface area (Å²) in [4.78, 5) is 0. The van der Waals surface area contributed by atoms with Crippen molar-refractivity contribution in [2.24, 2.45) is 5.92 Å². The van der Waals surface area contributed by atoms with Crippen LogP contribution in [0.4, 0.5) is 0 Å². The van der Waals surface area contributed by atoms with Crippen molar-refractivity contribution in [1.29, 1.82) is 0 Å². The third-order valence-corrected chi connectivity index (χ3v) is 1.91. The van der Waals surface area contributed by atoms with E-state index in [0.29, 0.717) is 0 Å². The maximum atomic E-state index is 2.42. The van der Waals surface area contributed by atoms with E-state index in [9.17, 15) is 0 Å². The van der Waals surface area contributed by atoms with Crippen LogP contribution in [0.25, 0.3) is 0 Å². The molecule has 1 aliphatic rings. The topological polar surface area (TPSA) is 0 Å². The molecule has 0 nitrogen and oxygen atoms in total. The van der Waals surface area contributed by atoms with Crippen LogP contribution in [0.15, 0.2) is 0 Å². The smallest absolute Gasteiger partial charge is 0.0414 e. The highest BCUT2D eigenvalue weighted by atomic mass is 127. The fraction of sp³-hybridized carbons (Fsp3) is 1.00. The SMILES string of the molecule is CCCCCC1CC1.CP.I. The van der Waals surface area contributed by atoms with Crippen LogP contribution < -0.4 is 0 Å². The summed E-state index contributed by atoms with van der Waals surface area (Å²) in [6, 6.07) is 0. The summed E-state index contributed by atoms with van der Waals surface area (Å²) in [6.07, 6.45) is 8.91. The first-order valence-corrected chi connectivity index (χ1v) is 5.66. The molecule has 1 aliphatic carbocycles. The molecule has 11 heavy (non-hydrogen) atoms. The first-order chi connectivity index (χ1) is 4.93. The minimum atomic E-state index is 0. The van der Waals surface area contributed by atoms with Crippen LogP contribution in [0, 0.1) is 5.92 Å². The molecule has 0 heterocycles. The van der Waals surface area contributed by atoms with E-state index in [4.69, 9.17) is 0 Å². The van der Waals surface area contributed by atoms with Gasteiger partial charge in [-0.05, 0) is 5.92 Å². The fourth-order valence-electron chi connectivity index (χ4n) is 1.09. The van der Waals surface area contributed by atoms with Crippen LogP contribution in [-0.4, -0.2) is 6.66 Å². The molecule has 1 fully saturated rings. The summed E-state index contributed by atoms with van der Waals surface area (Å²) in [7, 11) is 2.42. The van der Waals surface area contributed by atoms with Crippen LogP contribution in [0.3, 0.4) is 0 Å². The Bertz CT molecular complexity index is 62.6. The number of unbranched alkanes of at least 4 members (excludes halogenated alkanes) is 2. The van der Waals surface area contributed by atoms with E-state index in [0.717, 1.165) is 5.92 Å². The molecule has 70 valence electrons. The molecule has 0 radical (unpaired) electrons. The second-order valence-electron chi connectivity index (χ2n) is 2.94. The maximum absolute atomic E-state index is 2.42. The predicted octanol–water partition coefficient (Wildman–Crippen LogP) is 4.09. The van der Waals surface area contributed by atoms with Crippen molar-refractivity contribution in [2.75, 3.05) is 6.66 Å². The van der Waals surface area contributed by atoms with Crippen molar-refractivity contribution in [3.63, 3.8) is 0 Å². The molecule has 0 aromatic carbocycles. The Hall–Kier alpha value is 1.16. The van der Waals surface area contributed by atoms with E-state index < -0.39 is 0 Å². The average Bonchev–Trinajstić information content (AvgIpc) is 2.77. The van der Waals surface area contributed by atoms with E-state index >= 15 is 0 Å². The summed E-state index contributed by atoms with van der Waals surface area (Å²) >= 11 is 0. The van der Waals surface area contributed by atoms with Gasteiger partial charge in [-0.15, -0.1) is 33.2 Å². The monoisotopic (exact) mass is 288 g/mol. The lowest BCUT2D eigenvalue weighted by atomic mass is 10.1. The van der Waals surface area contributed by atoms with Gasteiger partial charge in [0.1, 0.15) is 0 Å². The van der Waals surface area contributed by atoms with Gasteiger partial charge in [-0.25, -0.2) is 0 Å². The molecule has 0 aliphatic heterocycles. The van der Waals surface area contributed by atoms with E-state index in [2.05, 4.69) is 16.2 Å². The van der Waals surface area contributed by atoms with Crippen molar-refractivity contribution < 1.29 is 0 Å². The molecule has 0 bridgehead atoms. The van der Waals surface area contributed by atoms with Crippen molar-refractivity contribution in [1.82, 2.24) is 0 Å². The largest absolute Gasteiger partial charge is 0.141 e. The summed E-state index contributed by atoms with van der Waals surface area (Å²) in [5.74, 6) is 1.15. The zero-order valence-electron chi connectivity index (χ0n) is 7.81. The lowest BCUT2D eigenvalue weighted by Crippen LogP contribution is -1.75. The van der Waals surface area contributed by atoms with E-state index in [-0.39, 0.29) is 24.0 Å². The molecular weight excluding hydrogens is 266 g/mol. The van der Waals surface area contributed by atoms with Crippen LogP contribution in [-0.2, 0) is 0 Å². The molecule has 0 spiro atoms. The highest BCUT2D eigenvalue weighted by Gasteiger charge is 2.19. The van der Waals surface area contributed by atoms with Crippen molar-refractivity contribution in [3.05, 3.63) is 0 Å². The van der Waals surface area contributed by atoms with Gasteiger partial charge in [0.05, 0.1) is 0 Å². The first kappa shape index (κ1) is 14.7. The van der Waals surface area contributed by atoms with E-state index in [1.165, 1.54) is 38.5 Å². The van der Waals surface area contributed by atoms with Gasteiger partial charge >= 0.3 is 0 Å². The Morgan fingerprint density at radius 2 is 1.73 bits per heavy atom. The molecule has 0 amide bonds. The summed E-state index contributed by atoms with van der Waals surface area (Å²) in [5.41, 5.74) is 0. The molecule has 1 rings (SSSR count). The number of rotatable bonds is 4. The quantitative estimate of drug-likeness (QED) is 0.415. The van der Waals surface area contributed by atoms with Gasteiger partial charge in [0.15, 0.2) is 0 Å². The third-order valence-electron chi connectivity index (χ3n) is 1.91. The van der Waals surface area contributed by atoms with E-state index in [1.807, 2.05) is 6.66 Å². The van der Waals surface area contributed by atoms with Crippen LogP contribution in [0.1, 0.15) is 45.4 Å². The standard InChI is InChI=1S/C8H16.CH5P.HI/c1-2-3-4-5-8-6-7-8;1-2;/h8H,2-7H2,1H3;2H2,1H3;1H. The molecule has 0 aromatic heterocycles. The Balaban J connectivity index is 0. The molecule has 1 saturated carbocycles. The zero-order chi connectivity index (χ0) is 7.82. The minimum Gasteiger partial charge on any atom is -0.141 e. The minimum absolute atomic E-state index is 0. The van der Waals surface area contributed by atoms with Gasteiger partial charge in [-0.3, -0.25) is 0 Å². The second kappa shape index (κ2) is 11.2. The Kier molecular flexibility index (Phi) is 14.9. The zero-order valence-corrected chi connectivity index (χ0v) is 11.3. The Labute approximate surface area is 91.1 Å². The predicted molar refractivity (Wildman–Crippen MR) is 67.9 cm³/mol. The van der Waals surface area contributed by atoms with E-state index in [1.54, 1.807) is 0 Å². The summed E-state index contributed by atoms with van der Waals surface area (Å²) < 4.78 is 0. The highest BCUT2D eigenvalue weighted by molar-refractivity contribution is 14.0. The lowest BCUT2D eigenvalue weighted by Gasteiger charge is -1.92. The lowest BCUT2D eigenvalue weighted by molar-refractivity contribution is 0.620. The van der Waals surface area contributed by atoms with Crippen LogP contribution in [0.5, 0.6) is 0 Å². The number of halogens is 1. The molecule has 0 aromatic rings. The summed E-state index contributed by atoms with van der Waals surface area (Å²) in [6.45, 7) is 4.19. The Morgan fingerprint density at radius 3 is 2.09 bits per heavy atom. The van der Waals surface area contributed by atoms with Crippen molar-refractivity contribution in [2.45, 2.75) is 45.4 Å². The maximum Gasteiger partial charge on any atom is -0.0414 e. The second-order valence-corrected chi connectivity index (χ2v) is 2.94. The summed E-state index contributed by atoms with van der Waals surface area (Å²) in [5, 5.41) is 0. The van der Waals surface area contributed by atoms with Crippen molar-refractivity contribution in [3.8, 4) is 0 Å². The van der Waals surface area contributed by atoms with Gasteiger partial charge in [0.25, 0.3) is 0 Å². The van der Waals surface area contributed by atoms with Gasteiger partial charge in [-0.2, -0.15) is 0 Å². The van der Waals surface area contributed by atoms with Gasteiger partial charge in [0, 0.05) is 0 Å². The molecule has 0 saturated heterocycles.